The molecule has 1 heterocycles. The van der Waals surface area contributed by atoms with Crippen LogP contribution in [0.5, 0.6) is 0 Å². The van der Waals surface area contributed by atoms with Gasteiger partial charge in [-0.3, -0.25) is 0 Å². The summed E-state index contributed by atoms with van der Waals surface area (Å²) in [7, 11) is 0. The maximum Gasteiger partial charge on any atom is 0.112 e. The molecule has 4 heteroatoms. The topological polar surface area (TPSA) is 40.2 Å². The molecule has 0 aromatic rings. The van der Waals surface area contributed by atoms with Gasteiger partial charge in [-0.25, -0.2) is 0 Å². The van der Waals surface area contributed by atoms with Gasteiger partial charge >= 0.3 is 0 Å². The lowest BCUT2D eigenvalue weighted by atomic mass is 10.2. The van der Waals surface area contributed by atoms with Crippen LogP contribution in [0.3, 0.4) is 0 Å². The maximum absolute atomic E-state index is 5.52. The van der Waals surface area contributed by atoms with E-state index in [9.17, 15) is 0 Å². The minimum atomic E-state index is 0.0886. The molecule has 1 aliphatic heterocycles. The smallest absolute Gasteiger partial charge is 0.112 e. The molecule has 2 unspecified atom stereocenters. The molecule has 0 aromatic carbocycles. The predicted molar refractivity (Wildman–Crippen MR) is 61.1 cm³/mol. The van der Waals surface area contributed by atoms with E-state index >= 15 is 0 Å². The van der Waals surface area contributed by atoms with Crippen LogP contribution >= 0.6 is 0 Å². The first-order chi connectivity index (χ1) is 7.86. The molecule has 4 nitrogen and oxygen atoms in total. The van der Waals surface area contributed by atoms with Gasteiger partial charge < -0.3 is 18.9 Å². The molecule has 1 saturated heterocycles. The summed E-state index contributed by atoms with van der Waals surface area (Å²) in [6, 6.07) is 0. The molecule has 0 amide bonds. The minimum Gasteiger partial charge on any atom is -0.379 e. The summed E-state index contributed by atoms with van der Waals surface area (Å²) in [6.45, 7) is 9.52. The molecule has 0 saturated carbocycles. The molecule has 0 bridgehead atoms. The van der Waals surface area contributed by atoms with Crippen molar-refractivity contribution in [3.05, 3.63) is 6.61 Å². The quantitative estimate of drug-likeness (QED) is 0.401. The van der Waals surface area contributed by atoms with E-state index in [4.69, 9.17) is 18.9 Å². The predicted octanol–water partition coefficient (Wildman–Crippen LogP) is 1.79. The second kappa shape index (κ2) is 8.93. The Morgan fingerprint density at radius 2 is 2.19 bits per heavy atom. The van der Waals surface area contributed by atoms with Crippen molar-refractivity contribution >= 4 is 0 Å². The van der Waals surface area contributed by atoms with Gasteiger partial charge in [-0.15, -0.1) is 0 Å². The third-order valence-electron chi connectivity index (χ3n) is 2.28. The highest BCUT2D eigenvalue weighted by Crippen LogP contribution is 2.10. The van der Waals surface area contributed by atoms with Crippen molar-refractivity contribution in [1.29, 1.82) is 0 Å². The Bertz CT molecular complexity index is 159. The minimum absolute atomic E-state index is 0.0886. The van der Waals surface area contributed by atoms with Crippen molar-refractivity contribution < 1.29 is 18.9 Å². The molecular formula is C12H23O4. The third-order valence-corrected chi connectivity index (χ3v) is 2.28. The Kier molecular flexibility index (Phi) is 7.76. The molecule has 0 spiro atoms. The molecule has 16 heavy (non-hydrogen) atoms. The van der Waals surface area contributed by atoms with Crippen LogP contribution in [0.25, 0.3) is 0 Å². The molecule has 2 atom stereocenters. The summed E-state index contributed by atoms with van der Waals surface area (Å²) in [5.74, 6) is 0. The number of hydrogen-bond acceptors (Lipinski definition) is 4. The SMILES string of the molecule is CCO[CH]C(CCCOCC1CO1)OCC. The first-order valence-corrected chi connectivity index (χ1v) is 6.12. The molecule has 95 valence electrons. The monoisotopic (exact) mass is 231 g/mol. The van der Waals surface area contributed by atoms with Crippen molar-refractivity contribution in [1.82, 2.24) is 0 Å². The van der Waals surface area contributed by atoms with Crippen molar-refractivity contribution in [2.24, 2.45) is 0 Å². The van der Waals surface area contributed by atoms with Crippen LogP contribution in [0.1, 0.15) is 26.7 Å². The highest BCUT2D eigenvalue weighted by atomic mass is 16.6. The Balaban J connectivity index is 1.92. The summed E-state index contributed by atoms with van der Waals surface area (Å²) in [5, 5.41) is 0. The van der Waals surface area contributed by atoms with E-state index in [0.29, 0.717) is 19.3 Å². The van der Waals surface area contributed by atoms with E-state index < -0.39 is 0 Å². The summed E-state index contributed by atoms with van der Waals surface area (Å²) in [4.78, 5) is 0. The molecule has 0 aromatic heterocycles. The van der Waals surface area contributed by atoms with E-state index in [1.807, 2.05) is 13.8 Å². The van der Waals surface area contributed by atoms with E-state index in [0.717, 1.165) is 32.7 Å². The van der Waals surface area contributed by atoms with Crippen LogP contribution < -0.4 is 0 Å². The Hall–Kier alpha value is -0.160. The summed E-state index contributed by atoms with van der Waals surface area (Å²) in [5.41, 5.74) is 0. The number of hydrogen-bond donors (Lipinski definition) is 0. The summed E-state index contributed by atoms with van der Waals surface area (Å²) >= 11 is 0. The van der Waals surface area contributed by atoms with Crippen molar-refractivity contribution in [2.75, 3.05) is 33.0 Å². The molecule has 1 fully saturated rings. The van der Waals surface area contributed by atoms with Gasteiger partial charge in [0, 0.05) is 19.8 Å². The normalized spacial score (nSPS) is 21.0. The number of ether oxygens (including phenoxy) is 4. The fourth-order valence-electron chi connectivity index (χ4n) is 1.37. The van der Waals surface area contributed by atoms with E-state index in [2.05, 4.69) is 0 Å². The zero-order valence-electron chi connectivity index (χ0n) is 10.3. The Morgan fingerprint density at radius 1 is 1.38 bits per heavy atom. The molecule has 0 aliphatic carbocycles. The largest absolute Gasteiger partial charge is 0.379 e. The Morgan fingerprint density at radius 3 is 2.81 bits per heavy atom. The fraction of sp³-hybridized carbons (Fsp3) is 0.917. The van der Waals surface area contributed by atoms with Gasteiger partial charge in [-0.05, 0) is 26.7 Å². The van der Waals surface area contributed by atoms with Crippen LogP contribution in [0.15, 0.2) is 0 Å². The molecule has 1 rings (SSSR count). The fourth-order valence-corrected chi connectivity index (χ4v) is 1.37. The Labute approximate surface area is 98.2 Å². The zero-order chi connectivity index (χ0) is 11.6. The summed E-state index contributed by atoms with van der Waals surface area (Å²) < 4.78 is 21.3. The number of rotatable bonds is 11. The lowest BCUT2D eigenvalue weighted by Gasteiger charge is -2.15. The molecular weight excluding hydrogens is 208 g/mol. The van der Waals surface area contributed by atoms with Gasteiger partial charge in [0.05, 0.1) is 19.3 Å². The van der Waals surface area contributed by atoms with Gasteiger partial charge in [0.15, 0.2) is 0 Å². The highest BCUT2D eigenvalue weighted by Gasteiger charge is 2.22. The average molecular weight is 231 g/mol. The van der Waals surface area contributed by atoms with Crippen LogP contribution in [-0.2, 0) is 18.9 Å². The maximum atomic E-state index is 5.52. The van der Waals surface area contributed by atoms with E-state index in [1.54, 1.807) is 6.61 Å². The van der Waals surface area contributed by atoms with Gasteiger partial charge in [-0.1, -0.05) is 0 Å². The number of epoxide rings is 1. The zero-order valence-corrected chi connectivity index (χ0v) is 10.3. The average Bonchev–Trinajstić information content (AvgIpc) is 3.09. The standard InChI is InChI=1S/C12H23O4/c1-3-13-8-11(15-4-2)6-5-7-14-9-12-10-16-12/h8,11-12H,3-7,9-10H2,1-2H3. The first-order valence-electron chi connectivity index (χ1n) is 6.12. The van der Waals surface area contributed by atoms with Crippen LogP contribution in [0.4, 0.5) is 0 Å². The van der Waals surface area contributed by atoms with Crippen LogP contribution in [0.2, 0.25) is 0 Å². The van der Waals surface area contributed by atoms with Crippen LogP contribution in [-0.4, -0.2) is 45.2 Å². The second-order valence-electron chi connectivity index (χ2n) is 3.76. The lowest BCUT2D eigenvalue weighted by Crippen LogP contribution is -2.16. The van der Waals surface area contributed by atoms with Gasteiger partial charge in [-0.2, -0.15) is 0 Å². The highest BCUT2D eigenvalue weighted by molar-refractivity contribution is 4.69. The first kappa shape index (κ1) is 13.9. The van der Waals surface area contributed by atoms with Gasteiger partial charge in [0.2, 0.25) is 0 Å². The van der Waals surface area contributed by atoms with E-state index in [-0.39, 0.29) is 6.10 Å². The third kappa shape index (κ3) is 7.17. The van der Waals surface area contributed by atoms with Crippen molar-refractivity contribution in [3.8, 4) is 0 Å². The van der Waals surface area contributed by atoms with Gasteiger partial charge in [0.25, 0.3) is 0 Å². The summed E-state index contributed by atoms with van der Waals surface area (Å²) in [6.07, 6.45) is 2.38. The molecule has 1 radical (unpaired) electrons. The lowest BCUT2D eigenvalue weighted by molar-refractivity contribution is 0.0190. The second-order valence-corrected chi connectivity index (χ2v) is 3.76. The van der Waals surface area contributed by atoms with Crippen molar-refractivity contribution in [3.63, 3.8) is 0 Å². The van der Waals surface area contributed by atoms with Crippen LogP contribution in [0, 0.1) is 6.61 Å². The van der Waals surface area contributed by atoms with Crippen molar-refractivity contribution in [2.45, 2.75) is 38.9 Å². The van der Waals surface area contributed by atoms with E-state index in [1.165, 1.54) is 0 Å². The van der Waals surface area contributed by atoms with Gasteiger partial charge in [0.1, 0.15) is 12.7 Å². The molecule has 0 N–H and O–H groups in total. The molecule has 1 aliphatic rings.